The van der Waals surface area contributed by atoms with E-state index in [1.54, 1.807) is 18.6 Å². The van der Waals surface area contributed by atoms with Crippen LogP contribution in [0.4, 0.5) is 4.79 Å². The van der Waals surface area contributed by atoms with Gasteiger partial charge < -0.3 is 14.8 Å². The summed E-state index contributed by atoms with van der Waals surface area (Å²) in [6.45, 7) is 2.88. The molecule has 4 rings (SSSR count). The van der Waals surface area contributed by atoms with Gasteiger partial charge in [-0.1, -0.05) is 11.8 Å². The van der Waals surface area contributed by atoms with Gasteiger partial charge in [-0.2, -0.15) is 0 Å². The van der Waals surface area contributed by atoms with Crippen LogP contribution in [0.25, 0.3) is 0 Å². The molecule has 1 atom stereocenters. The summed E-state index contributed by atoms with van der Waals surface area (Å²) in [5.74, 6) is 0.930. The van der Waals surface area contributed by atoms with Crippen LogP contribution in [0.15, 0.2) is 70.8 Å². The lowest BCUT2D eigenvalue weighted by molar-refractivity contribution is -0.120. The van der Waals surface area contributed by atoms with Crippen molar-refractivity contribution < 1.29 is 19.1 Å². The Balaban J connectivity index is 1.41. The Morgan fingerprint density at radius 1 is 1.06 bits per heavy atom. The third-order valence-electron chi connectivity index (χ3n) is 4.44. The first-order chi connectivity index (χ1) is 15.1. The van der Waals surface area contributed by atoms with E-state index in [1.807, 2.05) is 49.4 Å². The zero-order valence-corrected chi connectivity index (χ0v) is 17.5. The first-order valence-electron chi connectivity index (χ1n) is 9.66. The highest BCUT2D eigenvalue weighted by atomic mass is 32.2. The molecule has 8 nitrogen and oxygen atoms in total. The summed E-state index contributed by atoms with van der Waals surface area (Å²) in [4.78, 5) is 33.5. The van der Waals surface area contributed by atoms with E-state index < -0.39 is 12.1 Å². The molecule has 158 valence electrons. The molecule has 1 saturated heterocycles. The molecule has 3 amide bonds. The van der Waals surface area contributed by atoms with Crippen LogP contribution in [-0.2, 0) is 11.4 Å². The number of aromatic nitrogens is 2. The van der Waals surface area contributed by atoms with E-state index in [1.165, 1.54) is 11.8 Å². The number of rotatable bonds is 8. The molecule has 1 unspecified atom stereocenters. The molecule has 0 saturated carbocycles. The molecule has 0 spiro atoms. The van der Waals surface area contributed by atoms with Gasteiger partial charge in [0.15, 0.2) is 0 Å². The molecular weight excluding hydrogens is 416 g/mol. The number of carbonyl (C=O) groups is 2. The van der Waals surface area contributed by atoms with E-state index in [0.29, 0.717) is 24.7 Å². The van der Waals surface area contributed by atoms with Gasteiger partial charge in [0.05, 0.1) is 6.61 Å². The fraction of sp³-hybridized carbons (Fsp3) is 0.182. The Hall–Kier alpha value is -3.59. The number of ether oxygens (including phenoxy) is 2. The van der Waals surface area contributed by atoms with Gasteiger partial charge in [-0.05, 0) is 48.9 Å². The van der Waals surface area contributed by atoms with E-state index in [4.69, 9.17) is 9.47 Å². The maximum atomic E-state index is 12.0. The summed E-state index contributed by atoms with van der Waals surface area (Å²) in [5, 5.41) is 4.86. The molecule has 3 aromatic rings. The average Bonchev–Trinajstić information content (AvgIpc) is 3.12. The number of pyridine rings is 2. The molecule has 1 fully saturated rings. The van der Waals surface area contributed by atoms with Crippen molar-refractivity contribution in [2.24, 2.45) is 0 Å². The largest absolute Gasteiger partial charge is 0.489 e. The number of hydrogen-bond acceptors (Lipinski definition) is 7. The summed E-state index contributed by atoms with van der Waals surface area (Å²) in [6.07, 6.45) is 4.95. The van der Waals surface area contributed by atoms with Crippen molar-refractivity contribution in [1.29, 1.82) is 0 Å². The van der Waals surface area contributed by atoms with Crippen molar-refractivity contribution in [2.75, 3.05) is 6.61 Å². The number of benzene rings is 1. The summed E-state index contributed by atoms with van der Waals surface area (Å²) < 4.78 is 11.3. The molecule has 0 bridgehead atoms. The van der Waals surface area contributed by atoms with Crippen molar-refractivity contribution in [1.82, 2.24) is 20.6 Å². The predicted molar refractivity (Wildman–Crippen MR) is 114 cm³/mol. The lowest BCUT2D eigenvalue weighted by Gasteiger charge is -2.13. The second kappa shape index (κ2) is 9.48. The van der Waals surface area contributed by atoms with Crippen LogP contribution in [-0.4, -0.2) is 28.5 Å². The van der Waals surface area contributed by atoms with Gasteiger partial charge >= 0.3 is 6.03 Å². The van der Waals surface area contributed by atoms with Gasteiger partial charge in [-0.3, -0.25) is 15.1 Å². The Labute approximate surface area is 183 Å². The second-order valence-corrected chi connectivity index (χ2v) is 7.72. The summed E-state index contributed by atoms with van der Waals surface area (Å²) in [5.41, 5.74) is 1.62. The van der Waals surface area contributed by atoms with Gasteiger partial charge in [0.1, 0.15) is 18.4 Å². The lowest BCUT2D eigenvalue weighted by Crippen LogP contribution is -2.22. The molecule has 31 heavy (non-hydrogen) atoms. The smallest absolute Gasteiger partial charge is 0.322 e. The molecule has 0 radical (unpaired) electrons. The molecule has 1 aliphatic rings. The quantitative estimate of drug-likeness (QED) is 0.521. The van der Waals surface area contributed by atoms with E-state index in [0.717, 1.165) is 21.1 Å². The van der Waals surface area contributed by atoms with Crippen LogP contribution < -0.4 is 20.1 Å². The fourth-order valence-electron chi connectivity index (χ4n) is 3.00. The van der Waals surface area contributed by atoms with Gasteiger partial charge in [0.2, 0.25) is 5.88 Å². The summed E-state index contributed by atoms with van der Waals surface area (Å²) in [6, 6.07) is 12.0. The maximum Gasteiger partial charge on any atom is 0.322 e. The third kappa shape index (κ3) is 5.13. The Kier molecular flexibility index (Phi) is 6.32. The highest BCUT2D eigenvalue weighted by Crippen LogP contribution is 2.34. The molecule has 9 heteroatoms. The number of amides is 3. The zero-order valence-electron chi connectivity index (χ0n) is 16.7. The number of urea groups is 1. The molecule has 1 aromatic carbocycles. The van der Waals surface area contributed by atoms with Crippen LogP contribution >= 0.6 is 11.8 Å². The third-order valence-corrected chi connectivity index (χ3v) is 5.54. The number of nitrogens with zero attached hydrogens (tertiary/aromatic N) is 2. The molecule has 2 N–H and O–H groups in total. The van der Waals surface area contributed by atoms with E-state index in [-0.39, 0.29) is 5.91 Å². The minimum atomic E-state index is -0.742. The van der Waals surface area contributed by atoms with E-state index in [2.05, 4.69) is 20.6 Å². The van der Waals surface area contributed by atoms with Crippen molar-refractivity contribution in [3.63, 3.8) is 0 Å². The highest BCUT2D eigenvalue weighted by molar-refractivity contribution is 7.99. The van der Waals surface area contributed by atoms with Gasteiger partial charge in [0, 0.05) is 40.0 Å². The van der Waals surface area contributed by atoms with Gasteiger partial charge in [-0.25, -0.2) is 9.78 Å². The number of hydrogen-bond donors (Lipinski definition) is 2. The van der Waals surface area contributed by atoms with Crippen molar-refractivity contribution in [2.45, 2.75) is 29.4 Å². The van der Waals surface area contributed by atoms with Crippen LogP contribution in [0.3, 0.4) is 0 Å². The maximum absolute atomic E-state index is 12.0. The number of nitrogens with one attached hydrogen (secondary N) is 2. The standard InChI is InChI=1S/C22H20N4O4S/c1-2-29-19-11-14(7-10-24-19)13-30-15-3-5-16(6-4-15)31-18-8-9-23-12-17(18)20-21(27)26-22(28)25-20/h3-12,20H,2,13H2,1H3,(H2,25,26,27,28). The lowest BCUT2D eigenvalue weighted by atomic mass is 10.1. The van der Waals surface area contributed by atoms with Crippen molar-refractivity contribution in [3.8, 4) is 11.6 Å². The Morgan fingerprint density at radius 2 is 1.90 bits per heavy atom. The van der Waals surface area contributed by atoms with E-state index in [9.17, 15) is 9.59 Å². The molecule has 2 aromatic heterocycles. The van der Waals surface area contributed by atoms with Crippen LogP contribution in [0.1, 0.15) is 24.1 Å². The first kappa shape index (κ1) is 20.7. The van der Waals surface area contributed by atoms with Crippen molar-refractivity contribution >= 4 is 23.7 Å². The number of imide groups is 1. The van der Waals surface area contributed by atoms with Crippen LogP contribution in [0.2, 0.25) is 0 Å². The minimum absolute atomic E-state index is 0.382. The Bertz CT molecular complexity index is 1090. The first-order valence-corrected chi connectivity index (χ1v) is 10.5. The normalized spacial score (nSPS) is 15.3. The molecule has 0 aliphatic carbocycles. The molecular formula is C22H20N4O4S. The SMILES string of the molecule is CCOc1cc(COc2ccc(Sc3ccncc3C3NC(=O)NC3=O)cc2)ccn1. The summed E-state index contributed by atoms with van der Waals surface area (Å²) in [7, 11) is 0. The summed E-state index contributed by atoms with van der Waals surface area (Å²) >= 11 is 1.48. The van der Waals surface area contributed by atoms with E-state index >= 15 is 0 Å². The molecule has 3 heterocycles. The Morgan fingerprint density at radius 3 is 2.65 bits per heavy atom. The average molecular weight is 436 g/mol. The second-order valence-electron chi connectivity index (χ2n) is 6.61. The van der Waals surface area contributed by atoms with Crippen LogP contribution in [0.5, 0.6) is 11.6 Å². The van der Waals surface area contributed by atoms with Gasteiger partial charge in [0.25, 0.3) is 5.91 Å². The van der Waals surface area contributed by atoms with Crippen molar-refractivity contribution in [3.05, 3.63) is 72.2 Å². The van der Waals surface area contributed by atoms with Crippen LogP contribution in [0, 0.1) is 0 Å². The zero-order chi connectivity index (χ0) is 21.6. The predicted octanol–water partition coefficient (Wildman–Crippen LogP) is 3.49. The topological polar surface area (TPSA) is 102 Å². The highest BCUT2D eigenvalue weighted by Gasteiger charge is 2.32. The monoisotopic (exact) mass is 436 g/mol. The molecule has 1 aliphatic heterocycles. The minimum Gasteiger partial charge on any atom is -0.489 e. The van der Waals surface area contributed by atoms with Gasteiger partial charge in [-0.15, -0.1) is 0 Å². The fourth-order valence-corrected chi connectivity index (χ4v) is 3.95. The number of carbonyl (C=O) groups excluding carboxylic acids is 2.